The van der Waals surface area contributed by atoms with Crippen LogP contribution in [0.4, 0.5) is 5.69 Å². The van der Waals surface area contributed by atoms with E-state index in [0.717, 1.165) is 27.8 Å². The van der Waals surface area contributed by atoms with Crippen LogP contribution < -0.4 is 9.62 Å². The third-order valence-electron chi connectivity index (χ3n) is 7.37. The minimum atomic E-state index is -4.14. The second-order valence-corrected chi connectivity index (χ2v) is 13.4. The lowest BCUT2D eigenvalue weighted by Crippen LogP contribution is -2.54. The van der Waals surface area contributed by atoms with Crippen molar-refractivity contribution in [1.29, 1.82) is 0 Å². The van der Waals surface area contributed by atoms with Gasteiger partial charge in [0.05, 0.1) is 10.6 Å². The standard InChI is InChI=1S/C36H41N3O4S/c1-26(2)37-36(41)34(23-30-14-8-6-9-15-30)38(24-31-16-12-13-27(3)22-31)35(40)25-39(33-20-19-28(4)21-29(33)5)44(42,43)32-17-10-7-11-18-32/h6-22,26,34H,23-25H2,1-5H3,(H,37,41)/t34-/m1/s1. The van der Waals surface area contributed by atoms with Crippen molar-refractivity contribution in [3.05, 3.63) is 131 Å². The van der Waals surface area contributed by atoms with E-state index in [1.165, 1.54) is 21.3 Å². The molecule has 7 nitrogen and oxygen atoms in total. The molecule has 0 aliphatic heterocycles. The predicted molar refractivity (Wildman–Crippen MR) is 176 cm³/mol. The summed E-state index contributed by atoms with van der Waals surface area (Å²) in [5, 5.41) is 2.99. The fourth-order valence-electron chi connectivity index (χ4n) is 5.26. The lowest BCUT2D eigenvalue weighted by molar-refractivity contribution is -0.140. The normalized spacial score (nSPS) is 12.0. The van der Waals surface area contributed by atoms with Gasteiger partial charge in [0.2, 0.25) is 11.8 Å². The Balaban J connectivity index is 1.82. The molecule has 0 aromatic heterocycles. The van der Waals surface area contributed by atoms with Crippen LogP contribution in [0.1, 0.15) is 41.7 Å². The van der Waals surface area contributed by atoms with Crippen molar-refractivity contribution in [3.8, 4) is 0 Å². The van der Waals surface area contributed by atoms with Crippen LogP contribution in [0, 0.1) is 20.8 Å². The van der Waals surface area contributed by atoms with Crippen LogP contribution in [-0.4, -0.2) is 43.8 Å². The zero-order valence-electron chi connectivity index (χ0n) is 26.0. The zero-order chi connectivity index (χ0) is 31.9. The highest BCUT2D eigenvalue weighted by atomic mass is 32.2. The van der Waals surface area contributed by atoms with Crippen LogP contribution >= 0.6 is 0 Å². The SMILES string of the molecule is Cc1cccc(CN(C(=O)CN(c2ccc(C)cc2C)S(=O)(=O)c2ccccc2)[C@H](Cc2ccccc2)C(=O)NC(C)C)c1. The van der Waals surface area contributed by atoms with Gasteiger partial charge in [-0.25, -0.2) is 8.42 Å². The van der Waals surface area contributed by atoms with Crippen molar-refractivity contribution in [3.63, 3.8) is 0 Å². The number of hydrogen-bond donors (Lipinski definition) is 1. The summed E-state index contributed by atoms with van der Waals surface area (Å²) in [6, 6.07) is 29.8. The minimum absolute atomic E-state index is 0.0800. The highest BCUT2D eigenvalue weighted by Crippen LogP contribution is 2.28. The van der Waals surface area contributed by atoms with E-state index in [-0.39, 0.29) is 29.8 Å². The number of sulfonamides is 1. The first-order chi connectivity index (χ1) is 21.0. The summed E-state index contributed by atoms with van der Waals surface area (Å²) in [7, 11) is -4.14. The second kappa shape index (κ2) is 14.4. The Labute approximate surface area is 261 Å². The number of hydrogen-bond acceptors (Lipinski definition) is 4. The first kappa shape index (κ1) is 32.5. The van der Waals surface area contributed by atoms with Gasteiger partial charge in [-0.2, -0.15) is 0 Å². The predicted octanol–water partition coefficient (Wildman–Crippen LogP) is 5.97. The van der Waals surface area contributed by atoms with E-state index >= 15 is 0 Å². The van der Waals surface area contributed by atoms with Gasteiger partial charge in [0.25, 0.3) is 10.0 Å². The highest BCUT2D eigenvalue weighted by Gasteiger charge is 2.35. The molecule has 4 aromatic carbocycles. The van der Waals surface area contributed by atoms with Gasteiger partial charge in [-0.15, -0.1) is 0 Å². The number of carbonyl (C=O) groups excluding carboxylic acids is 2. The molecular weight excluding hydrogens is 570 g/mol. The van der Waals surface area contributed by atoms with Crippen molar-refractivity contribution >= 4 is 27.5 Å². The molecule has 0 heterocycles. The van der Waals surface area contributed by atoms with E-state index in [2.05, 4.69) is 5.32 Å². The Morgan fingerprint density at radius 1 is 0.750 bits per heavy atom. The molecule has 8 heteroatoms. The Morgan fingerprint density at radius 2 is 1.36 bits per heavy atom. The molecule has 4 rings (SSSR count). The van der Waals surface area contributed by atoms with E-state index in [4.69, 9.17) is 0 Å². The van der Waals surface area contributed by atoms with Crippen LogP contribution in [0.3, 0.4) is 0 Å². The fraction of sp³-hybridized carbons (Fsp3) is 0.278. The number of rotatable bonds is 12. The number of aryl methyl sites for hydroxylation is 3. The average Bonchev–Trinajstić information content (AvgIpc) is 2.98. The first-order valence-electron chi connectivity index (χ1n) is 14.8. The Bertz CT molecular complexity index is 1690. The van der Waals surface area contributed by atoms with Gasteiger partial charge in [-0.1, -0.05) is 96.1 Å². The number of anilines is 1. The van der Waals surface area contributed by atoms with Crippen molar-refractivity contribution in [1.82, 2.24) is 10.2 Å². The van der Waals surface area contributed by atoms with Crippen molar-refractivity contribution in [2.75, 3.05) is 10.8 Å². The van der Waals surface area contributed by atoms with E-state index in [1.54, 1.807) is 24.3 Å². The molecule has 0 saturated heterocycles. The lowest BCUT2D eigenvalue weighted by Gasteiger charge is -2.34. The number of amides is 2. The van der Waals surface area contributed by atoms with Crippen LogP contribution in [0.25, 0.3) is 0 Å². The molecule has 0 saturated carbocycles. The van der Waals surface area contributed by atoms with Crippen molar-refractivity contribution in [2.24, 2.45) is 0 Å². The number of benzene rings is 4. The lowest BCUT2D eigenvalue weighted by atomic mass is 10.0. The smallest absolute Gasteiger partial charge is 0.264 e. The third-order valence-corrected chi connectivity index (χ3v) is 9.14. The van der Waals surface area contributed by atoms with Gasteiger partial charge in [0, 0.05) is 19.0 Å². The van der Waals surface area contributed by atoms with Crippen LogP contribution in [0.5, 0.6) is 0 Å². The molecule has 0 aliphatic carbocycles. The molecule has 0 spiro atoms. The zero-order valence-corrected chi connectivity index (χ0v) is 26.8. The number of nitrogens with zero attached hydrogens (tertiary/aromatic N) is 2. The summed E-state index contributed by atoms with van der Waals surface area (Å²) in [5.41, 5.74) is 4.86. The third kappa shape index (κ3) is 8.14. The fourth-order valence-corrected chi connectivity index (χ4v) is 6.76. The monoisotopic (exact) mass is 611 g/mol. The van der Waals surface area contributed by atoms with Gasteiger partial charge in [0.1, 0.15) is 12.6 Å². The molecule has 0 radical (unpaired) electrons. The molecule has 4 aromatic rings. The molecule has 0 bridgehead atoms. The van der Waals surface area contributed by atoms with E-state index < -0.39 is 28.5 Å². The summed E-state index contributed by atoms with van der Waals surface area (Å²) in [4.78, 5) is 29.9. The topological polar surface area (TPSA) is 86.8 Å². The summed E-state index contributed by atoms with van der Waals surface area (Å²) in [5.74, 6) is -0.778. The van der Waals surface area contributed by atoms with E-state index in [0.29, 0.717) is 5.69 Å². The van der Waals surface area contributed by atoms with Gasteiger partial charge in [0.15, 0.2) is 0 Å². The van der Waals surface area contributed by atoms with Crippen LogP contribution in [0.2, 0.25) is 0 Å². The molecule has 44 heavy (non-hydrogen) atoms. The van der Waals surface area contributed by atoms with Gasteiger partial charge >= 0.3 is 0 Å². The molecular formula is C36H41N3O4S. The summed E-state index contributed by atoms with van der Waals surface area (Å²) in [6.45, 7) is 9.14. The minimum Gasteiger partial charge on any atom is -0.352 e. The summed E-state index contributed by atoms with van der Waals surface area (Å²) in [6.07, 6.45) is 0.270. The van der Waals surface area contributed by atoms with E-state index in [1.807, 2.05) is 101 Å². The quantitative estimate of drug-likeness (QED) is 0.214. The Hall–Kier alpha value is -4.43. The maximum Gasteiger partial charge on any atom is 0.264 e. The molecule has 0 unspecified atom stereocenters. The molecule has 230 valence electrons. The van der Waals surface area contributed by atoms with Crippen LogP contribution in [0.15, 0.2) is 108 Å². The maximum atomic E-state index is 14.5. The summed E-state index contributed by atoms with van der Waals surface area (Å²) < 4.78 is 29.5. The average molecular weight is 612 g/mol. The first-order valence-corrected chi connectivity index (χ1v) is 16.2. The molecule has 1 N–H and O–H groups in total. The maximum absolute atomic E-state index is 14.5. The largest absolute Gasteiger partial charge is 0.352 e. The molecule has 0 aliphatic rings. The van der Waals surface area contributed by atoms with Gasteiger partial charge in [-0.3, -0.25) is 13.9 Å². The molecule has 2 amide bonds. The number of carbonyl (C=O) groups is 2. The molecule has 1 atom stereocenters. The highest BCUT2D eigenvalue weighted by molar-refractivity contribution is 7.92. The number of nitrogens with one attached hydrogen (secondary N) is 1. The van der Waals surface area contributed by atoms with Gasteiger partial charge < -0.3 is 10.2 Å². The Morgan fingerprint density at radius 3 is 1.98 bits per heavy atom. The van der Waals surface area contributed by atoms with Crippen LogP contribution in [-0.2, 0) is 32.6 Å². The Kier molecular flexibility index (Phi) is 10.6. The second-order valence-electron chi connectivity index (χ2n) is 11.5. The summed E-state index contributed by atoms with van der Waals surface area (Å²) >= 11 is 0. The van der Waals surface area contributed by atoms with E-state index in [9.17, 15) is 18.0 Å². The van der Waals surface area contributed by atoms with Crippen molar-refractivity contribution < 1.29 is 18.0 Å². The molecule has 0 fully saturated rings. The van der Waals surface area contributed by atoms with Crippen molar-refractivity contribution in [2.45, 2.75) is 64.6 Å². The van der Waals surface area contributed by atoms with Gasteiger partial charge in [-0.05, 0) is 69.5 Å².